The van der Waals surface area contributed by atoms with Crippen molar-refractivity contribution >= 4 is 36.9 Å². The molecule has 0 aromatic carbocycles. The van der Waals surface area contributed by atoms with Gasteiger partial charge in [-0.25, -0.2) is 0 Å². The van der Waals surface area contributed by atoms with E-state index in [9.17, 15) is 4.79 Å². The Labute approximate surface area is 121 Å². The molecule has 0 heterocycles. The van der Waals surface area contributed by atoms with Crippen LogP contribution in [0.4, 0.5) is 0 Å². The fourth-order valence-corrected chi connectivity index (χ4v) is 1.17. The van der Waals surface area contributed by atoms with Gasteiger partial charge in [0, 0.05) is 6.54 Å². The molecule has 0 spiro atoms. The molecule has 0 atom stereocenters. The van der Waals surface area contributed by atoms with Gasteiger partial charge in [0.1, 0.15) is 6.21 Å². The maximum Gasteiger partial charge on any atom is 0.265 e. The Bertz CT molecular complexity index is 216. The van der Waals surface area contributed by atoms with E-state index in [-0.39, 0.29) is 30.7 Å². The summed E-state index contributed by atoms with van der Waals surface area (Å²) in [7, 11) is 4.11. The van der Waals surface area contributed by atoms with Crippen molar-refractivity contribution in [2.75, 3.05) is 40.3 Å². The van der Waals surface area contributed by atoms with E-state index in [2.05, 4.69) is 34.8 Å². The van der Waals surface area contributed by atoms with Crippen LogP contribution in [-0.2, 0) is 4.79 Å². The van der Waals surface area contributed by atoms with Crippen molar-refractivity contribution in [1.29, 1.82) is 0 Å². The number of rotatable bonds is 9. The van der Waals surface area contributed by atoms with E-state index in [1.165, 1.54) is 0 Å². The fourth-order valence-electron chi connectivity index (χ4n) is 1.17. The van der Waals surface area contributed by atoms with E-state index in [0.29, 0.717) is 6.54 Å². The zero-order valence-corrected chi connectivity index (χ0v) is 12.5. The van der Waals surface area contributed by atoms with Crippen LogP contribution in [-0.4, -0.2) is 62.5 Å². The molecule has 110 valence electrons. The van der Waals surface area contributed by atoms with Crippen LogP contribution in [0.15, 0.2) is 5.16 Å². The summed E-state index contributed by atoms with van der Waals surface area (Å²) in [5, 5.41) is 16.6. The largest absolute Gasteiger partial charge is 0.411 e. The Hall–Kier alpha value is -0.560. The molecule has 0 radical (unpaired) electrons. The summed E-state index contributed by atoms with van der Waals surface area (Å²) in [4.78, 5) is 13.0. The van der Waals surface area contributed by atoms with Gasteiger partial charge in [0.05, 0.1) is 0 Å². The van der Waals surface area contributed by atoms with Gasteiger partial charge in [-0.3, -0.25) is 4.79 Å². The first kappa shape index (κ1) is 22.6. The summed E-state index contributed by atoms with van der Waals surface area (Å²) in [5.41, 5.74) is 0. The highest BCUT2D eigenvalue weighted by atomic mass is 35.5. The first-order valence-electron chi connectivity index (χ1n) is 5.47. The number of nitrogens with zero attached hydrogens (tertiary/aromatic N) is 2. The third kappa shape index (κ3) is 17.8. The Balaban J connectivity index is -0.00000112. The molecule has 0 fully saturated rings. The fraction of sp³-hybridized carbons (Fsp3) is 0.800. The summed E-state index contributed by atoms with van der Waals surface area (Å²) in [6, 6.07) is 0. The second-order valence-electron chi connectivity index (χ2n) is 3.80. The first-order chi connectivity index (χ1) is 7.66. The molecule has 0 unspecified atom stereocenters. The molecule has 8 heteroatoms. The van der Waals surface area contributed by atoms with E-state index in [1.54, 1.807) is 0 Å². The molecule has 0 rings (SSSR count). The van der Waals surface area contributed by atoms with Crippen LogP contribution in [0.3, 0.4) is 0 Å². The molecule has 3 N–H and O–H groups in total. The van der Waals surface area contributed by atoms with E-state index >= 15 is 0 Å². The van der Waals surface area contributed by atoms with Gasteiger partial charge in [-0.05, 0) is 46.6 Å². The molecule has 0 saturated carbocycles. The molecule has 6 nitrogen and oxygen atoms in total. The van der Waals surface area contributed by atoms with Gasteiger partial charge in [0.15, 0.2) is 0 Å². The van der Waals surface area contributed by atoms with Crippen molar-refractivity contribution in [2.24, 2.45) is 5.16 Å². The van der Waals surface area contributed by atoms with Crippen LogP contribution in [0.5, 0.6) is 0 Å². The number of hydrogen-bond donors (Lipinski definition) is 3. The van der Waals surface area contributed by atoms with Gasteiger partial charge in [-0.1, -0.05) is 5.16 Å². The molecular weight excluding hydrogens is 279 g/mol. The van der Waals surface area contributed by atoms with Gasteiger partial charge >= 0.3 is 0 Å². The predicted octanol–water partition coefficient (Wildman–Crippen LogP) is 0.338. The number of amides is 1. The summed E-state index contributed by atoms with van der Waals surface area (Å²) in [5.74, 6) is -0.366. The van der Waals surface area contributed by atoms with Crippen LogP contribution in [0.2, 0.25) is 0 Å². The third-order valence-corrected chi connectivity index (χ3v) is 1.96. The van der Waals surface area contributed by atoms with Crippen LogP contribution in [0.1, 0.15) is 12.8 Å². The smallest absolute Gasteiger partial charge is 0.265 e. The molecule has 1 amide bonds. The van der Waals surface area contributed by atoms with Crippen molar-refractivity contribution in [1.82, 2.24) is 15.5 Å². The maximum atomic E-state index is 10.8. The van der Waals surface area contributed by atoms with Crippen LogP contribution >= 0.6 is 24.8 Å². The lowest BCUT2D eigenvalue weighted by Crippen LogP contribution is -2.28. The molecule has 18 heavy (non-hydrogen) atoms. The molecule has 0 aliphatic carbocycles. The molecule has 0 bridgehead atoms. The quantitative estimate of drug-likeness (QED) is 0.248. The highest BCUT2D eigenvalue weighted by Crippen LogP contribution is 1.81. The molecular formula is C10H24Cl2N4O2. The number of oxime groups is 1. The minimum atomic E-state index is -0.366. The zero-order valence-electron chi connectivity index (χ0n) is 10.9. The summed E-state index contributed by atoms with van der Waals surface area (Å²) >= 11 is 0. The van der Waals surface area contributed by atoms with Crippen molar-refractivity contribution in [3.8, 4) is 0 Å². The topological polar surface area (TPSA) is 77.0 Å². The van der Waals surface area contributed by atoms with E-state index < -0.39 is 0 Å². The molecule has 0 aromatic rings. The monoisotopic (exact) mass is 302 g/mol. The van der Waals surface area contributed by atoms with E-state index in [4.69, 9.17) is 5.21 Å². The number of halogens is 2. The van der Waals surface area contributed by atoms with Gasteiger partial charge in [-0.15, -0.1) is 24.8 Å². The van der Waals surface area contributed by atoms with E-state index in [1.807, 2.05) is 0 Å². The minimum absolute atomic E-state index is 0. The molecule has 0 aromatic heterocycles. The molecule has 0 aliphatic heterocycles. The number of hydrogen-bond acceptors (Lipinski definition) is 5. The number of carbonyl (C=O) groups excluding carboxylic acids is 1. The summed E-state index contributed by atoms with van der Waals surface area (Å²) < 4.78 is 0. The van der Waals surface area contributed by atoms with Crippen LogP contribution < -0.4 is 10.6 Å². The number of nitrogens with one attached hydrogen (secondary N) is 2. The SMILES string of the molecule is CN(C)CCCNCCCNC(=O)C=NO.Cl.Cl. The Morgan fingerprint density at radius 3 is 2.39 bits per heavy atom. The van der Waals surface area contributed by atoms with Crippen molar-refractivity contribution in [2.45, 2.75) is 12.8 Å². The first-order valence-corrected chi connectivity index (χ1v) is 5.47. The van der Waals surface area contributed by atoms with Gasteiger partial charge < -0.3 is 20.7 Å². The van der Waals surface area contributed by atoms with Gasteiger partial charge in [-0.2, -0.15) is 0 Å². The minimum Gasteiger partial charge on any atom is -0.411 e. The van der Waals surface area contributed by atoms with Gasteiger partial charge in [0.25, 0.3) is 5.91 Å². The Morgan fingerprint density at radius 1 is 1.22 bits per heavy atom. The second-order valence-corrected chi connectivity index (χ2v) is 3.80. The van der Waals surface area contributed by atoms with E-state index in [0.717, 1.165) is 38.7 Å². The van der Waals surface area contributed by atoms with Crippen molar-refractivity contribution in [3.63, 3.8) is 0 Å². The lowest BCUT2D eigenvalue weighted by atomic mass is 10.3. The number of carbonyl (C=O) groups is 1. The van der Waals surface area contributed by atoms with Crippen molar-refractivity contribution in [3.05, 3.63) is 0 Å². The Kier molecular flexibility index (Phi) is 20.6. The Morgan fingerprint density at radius 2 is 1.83 bits per heavy atom. The zero-order chi connectivity index (χ0) is 12.2. The lowest BCUT2D eigenvalue weighted by Gasteiger charge is -2.09. The highest BCUT2D eigenvalue weighted by molar-refractivity contribution is 6.25. The average Bonchev–Trinajstić information content (AvgIpc) is 2.22. The standard InChI is InChI=1S/C10H22N4O2.2ClH/c1-14(2)8-4-6-11-5-3-7-12-10(15)9-13-16;;/h9,11,16H,3-8H2,1-2H3,(H,12,15);2*1H. The highest BCUT2D eigenvalue weighted by Gasteiger charge is 1.95. The predicted molar refractivity (Wildman–Crippen MR) is 78.4 cm³/mol. The normalized spacial score (nSPS) is 9.94. The van der Waals surface area contributed by atoms with Crippen LogP contribution in [0, 0.1) is 0 Å². The molecule has 0 aliphatic rings. The van der Waals surface area contributed by atoms with Crippen molar-refractivity contribution < 1.29 is 10.0 Å². The summed E-state index contributed by atoms with van der Waals surface area (Å²) in [6.45, 7) is 3.54. The third-order valence-electron chi connectivity index (χ3n) is 1.96. The summed E-state index contributed by atoms with van der Waals surface area (Å²) in [6.07, 6.45) is 2.84. The van der Waals surface area contributed by atoms with Gasteiger partial charge in [0.2, 0.25) is 0 Å². The average molecular weight is 303 g/mol. The van der Waals surface area contributed by atoms with Crippen LogP contribution in [0.25, 0.3) is 0 Å². The molecule has 0 saturated heterocycles. The lowest BCUT2D eigenvalue weighted by molar-refractivity contribution is -0.114. The second kappa shape index (κ2) is 16.4. The maximum absolute atomic E-state index is 10.8.